The second-order valence-corrected chi connectivity index (χ2v) is 5.87. The number of anilines is 2. The van der Waals surface area contributed by atoms with Crippen molar-refractivity contribution in [1.82, 2.24) is 5.32 Å². The van der Waals surface area contributed by atoms with Gasteiger partial charge in [-0.05, 0) is 42.7 Å². The lowest BCUT2D eigenvalue weighted by Gasteiger charge is -2.10. The Kier molecular flexibility index (Phi) is 5.90. The number of carbonyl (C=O) groups excluding carboxylic acids is 2. The van der Waals surface area contributed by atoms with E-state index >= 15 is 0 Å². The van der Waals surface area contributed by atoms with Crippen LogP contribution in [-0.2, 0) is 0 Å². The van der Waals surface area contributed by atoms with Crippen LogP contribution in [0, 0.1) is 0 Å². The lowest BCUT2D eigenvalue weighted by atomic mass is 10.2. The van der Waals surface area contributed by atoms with E-state index in [1.54, 1.807) is 36.4 Å². The Balaban J connectivity index is 2.17. The summed E-state index contributed by atoms with van der Waals surface area (Å²) in [7, 11) is 1.53. The average molecular weight is 350 g/mol. The first kappa shape index (κ1) is 17.2. The maximum Gasteiger partial charge on any atom is 0.318 e. The van der Waals surface area contributed by atoms with Gasteiger partial charge < -0.3 is 16.0 Å². The van der Waals surface area contributed by atoms with Crippen LogP contribution in [0.15, 0.2) is 47.4 Å². The minimum Gasteiger partial charge on any atom is -0.341 e. The van der Waals surface area contributed by atoms with Gasteiger partial charge in [-0.15, -0.1) is 11.8 Å². The molecule has 2 rings (SSSR count). The predicted octanol–water partition coefficient (Wildman–Crippen LogP) is 4.07. The van der Waals surface area contributed by atoms with Crippen LogP contribution in [0.4, 0.5) is 16.2 Å². The van der Waals surface area contributed by atoms with Crippen molar-refractivity contribution in [1.29, 1.82) is 0 Å². The normalized spacial score (nSPS) is 10.0. The first-order valence-electron chi connectivity index (χ1n) is 6.77. The first-order chi connectivity index (χ1) is 11.0. The molecule has 23 heavy (non-hydrogen) atoms. The van der Waals surface area contributed by atoms with Crippen molar-refractivity contribution < 1.29 is 9.59 Å². The number of nitrogens with one attached hydrogen (secondary N) is 3. The molecule has 120 valence electrons. The highest BCUT2D eigenvalue weighted by atomic mass is 35.5. The lowest BCUT2D eigenvalue weighted by molar-refractivity contribution is 0.102. The number of hydrogen-bond donors (Lipinski definition) is 3. The van der Waals surface area contributed by atoms with Crippen molar-refractivity contribution in [2.24, 2.45) is 0 Å². The van der Waals surface area contributed by atoms with Crippen LogP contribution in [0.5, 0.6) is 0 Å². The molecule has 2 aromatic rings. The van der Waals surface area contributed by atoms with Gasteiger partial charge >= 0.3 is 6.03 Å². The molecule has 0 aromatic heterocycles. The van der Waals surface area contributed by atoms with Crippen molar-refractivity contribution in [2.45, 2.75) is 4.90 Å². The molecule has 0 aliphatic carbocycles. The second-order valence-electron chi connectivity index (χ2n) is 4.58. The van der Waals surface area contributed by atoms with E-state index in [4.69, 9.17) is 11.6 Å². The number of rotatable bonds is 4. The minimum absolute atomic E-state index is 0.303. The van der Waals surface area contributed by atoms with E-state index in [0.717, 1.165) is 4.90 Å². The molecule has 0 aliphatic rings. The van der Waals surface area contributed by atoms with Gasteiger partial charge in [0, 0.05) is 23.3 Å². The Morgan fingerprint density at radius 1 is 1.04 bits per heavy atom. The van der Waals surface area contributed by atoms with Gasteiger partial charge in [0.1, 0.15) is 0 Å². The summed E-state index contributed by atoms with van der Waals surface area (Å²) in [6.45, 7) is 0. The lowest BCUT2D eigenvalue weighted by Crippen LogP contribution is -2.24. The third kappa shape index (κ3) is 4.64. The van der Waals surface area contributed by atoms with Crippen molar-refractivity contribution in [3.8, 4) is 0 Å². The topological polar surface area (TPSA) is 70.2 Å². The van der Waals surface area contributed by atoms with E-state index in [0.29, 0.717) is 22.0 Å². The van der Waals surface area contributed by atoms with E-state index in [-0.39, 0.29) is 11.9 Å². The van der Waals surface area contributed by atoms with Crippen LogP contribution >= 0.6 is 23.4 Å². The van der Waals surface area contributed by atoms with Gasteiger partial charge in [0.15, 0.2) is 0 Å². The Bertz CT molecular complexity index is 737. The molecular weight excluding hydrogens is 334 g/mol. The molecule has 0 bridgehead atoms. The van der Waals surface area contributed by atoms with Gasteiger partial charge in [0.05, 0.1) is 10.6 Å². The van der Waals surface area contributed by atoms with Gasteiger partial charge in [-0.25, -0.2) is 4.79 Å². The number of urea groups is 1. The smallest absolute Gasteiger partial charge is 0.318 e. The van der Waals surface area contributed by atoms with Gasteiger partial charge in [0.2, 0.25) is 0 Å². The second kappa shape index (κ2) is 7.89. The molecule has 3 amide bonds. The molecular formula is C16H16ClN3O2S. The van der Waals surface area contributed by atoms with Crippen LogP contribution in [0.25, 0.3) is 0 Å². The zero-order valence-corrected chi connectivity index (χ0v) is 14.2. The Morgan fingerprint density at radius 2 is 1.74 bits per heavy atom. The molecule has 0 radical (unpaired) electrons. The quantitative estimate of drug-likeness (QED) is 0.729. The molecule has 0 atom stereocenters. The van der Waals surface area contributed by atoms with Crippen LogP contribution in [-0.4, -0.2) is 25.2 Å². The molecule has 0 fully saturated rings. The number of amides is 3. The number of thioether (sulfide) groups is 1. The third-order valence-electron chi connectivity index (χ3n) is 3.02. The molecule has 3 N–H and O–H groups in total. The van der Waals surface area contributed by atoms with Gasteiger partial charge in [-0.1, -0.05) is 17.7 Å². The molecule has 7 heteroatoms. The number of halogens is 1. The standard InChI is InChI=1S/C16H16ClN3O2S/c1-18-16(22)20-11-5-3-4-10(8-11)19-15(21)13-9-12(23-2)6-7-14(13)17/h3-9H,1-2H3,(H,19,21)(H2,18,20,22). The summed E-state index contributed by atoms with van der Waals surface area (Å²) in [5.41, 5.74) is 1.55. The molecule has 0 saturated carbocycles. The fourth-order valence-electron chi connectivity index (χ4n) is 1.87. The summed E-state index contributed by atoms with van der Waals surface area (Å²) in [5.74, 6) is -0.303. The Hall–Kier alpha value is -2.18. The van der Waals surface area contributed by atoms with Crippen LogP contribution < -0.4 is 16.0 Å². The van der Waals surface area contributed by atoms with Gasteiger partial charge in [-0.2, -0.15) is 0 Å². The zero-order valence-electron chi connectivity index (χ0n) is 12.6. The summed E-state index contributed by atoms with van der Waals surface area (Å²) in [6, 6.07) is 11.8. The maximum absolute atomic E-state index is 12.4. The molecule has 0 saturated heterocycles. The van der Waals surface area contributed by atoms with Crippen molar-refractivity contribution in [3.63, 3.8) is 0 Å². The Morgan fingerprint density at radius 3 is 2.39 bits per heavy atom. The van der Waals surface area contributed by atoms with E-state index in [1.165, 1.54) is 18.8 Å². The highest BCUT2D eigenvalue weighted by Gasteiger charge is 2.12. The number of benzene rings is 2. The molecule has 0 heterocycles. The predicted molar refractivity (Wildman–Crippen MR) is 95.7 cm³/mol. The third-order valence-corrected chi connectivity index (χ3v) is 4.08. The van der Waals surface area contributed by atoms with Crippen LogP contribution in [0.3, 0.4) is 0 Å². The number of carbonyl (C=O) groups is 2. The number of hydrogen-bond acceptors (Lipinski definition) is 3. The Labute approximate surface area is 143 Å². The summed E-state index contributed by atoms with van der Waals surface area (Å²) in [6.07, 6.45) is 1.93. The summed E-state index contributed by atoms with van der Waals surface area (Å²) in [5, 5.41) is 8.27. The highest BCUT2D eigenvalue weighted by Crippen LogP contribution is 2.24. The van der Waals surface area contributed by atoms with E-state index in [2.05, 4.69) is 16.0 Å². The SMILES string of the molecule is CNC(=O)Nc1cccc(NC(=O)c2cc(SC)ccc2Cl)c1. The largest absolute Gasteiger partial charge is 0.341 e. The summed E-state index contributed by atoms with van der Waals surface area (Å²) >= 11 is 7.63. The zero-order chi connectivity index (χ0) is 16.8. The summed E-state index contributed by atoms with van der Waals surface area (Å²) < 4.78 is 0. The van der Waals surface area contributed by atoms with Crippen molar-refractivity contribution in [3.05, 3.63) is 53.1 Å². The fourth-order valence-corrected chi connectivity index (χ4v) is 2.52. The van der Waals surface area contributed by atoms with Crippen molar-refractivity contribution >= 4 is 46.7 Å². The van der Waals surface area contributed by atoms with E-state index in [9.17, 15) is 9.59 Å². The average Bonchev–Trinajstić information content (AvgIpc) is 2.55. The van der Waals surface area contributed by atoms with Gasteiger partial charge in [-0.3, -0.25) is 4.79 Å². The molecule has 0 aliphatic heterocycles. The molecule has 5 nitrogen and oxygen atoms in total. The maximum atomic E-state index is 12.4. The minimum atomic E-state index is -0.329. The van der Waals surface area contributed by atoms with Crippen molar-refractivity contribution in [2.75, 3.05) is 23.9 Å². The fraction of sp³-hybridized carbons (Fsp3) is 0.125. The van der Waals surface area contributed by atoms with E-state index < -0.39 is 0 Å². The first-order valence-corrected chi connectivity index (χ1v) is 8.37. The monoisotopic (exact) mass is 349 g/mol. The highest BCUT2D eigenvalue weighted by molar-refractivity contribution is 7.98. The van der Waals surface area contributed by atoms with Crippen LogP contribution in [0.1, 0.15) is 10.4 Å². The van der Waals surface area contributed by atoms with Crippen LogP contribution in [0.2, 0.25) is 5.02 Å². The summed E-state index contributed by atoms with van der Waals surface area (Å²) in [4.78, 5) is 24.7. The van der Waals surface area contributed by atoms with Gasteiger partial charge in [0.25, 0.3) is 5.91 Å². The van der Waals surface area contributed by atoms with E-state index in [1.807, 2.05) is 12.3 Å². The molecule has 2 aromatic carbocycles. The molecule has 0 spiro atoms. The molecule has 0 unspecified atom stereocenters.